The maximum Gasteiger partial charge on any atom is 0.136 e. The Kier molecular flexibility index (Phi) is 2.67. The van der Waals surface area contributed by atoms with Gasteiger partial charge in [-0.1, -0.05) is 12.2 Å². The van der Waals surface area contributed by atoms with Crippen LogP contribution in [0.15, 0.2) is 12.2 Å². The fourth-order valence-corrected chi connectivity index (χ4v) is 1.44. The van der Waals surface area contributed by atoms with E-state index in [2.05, 4.69) is 6.08 Å². The zero-order valence-electron chi connectivity index (χ0n) is 6.47. The number of carbonyl (C=O) groups excluding carboxylic acids is 1. The van der Waals surface area contributed by atoms with E-state index in [1.807, 2.05) is 13.0 Å². The lowest BCUT2D eigenvalue weighted by Crippen LogP contribution is -2.03. The Balaban J connectivity index is 2.33. The van der Waals surface area contributed by atoms with Gasteiger partial charge in [-0.25, -0.2) is 0 Å². The largest absolute Gasteiger partial charge is 0.299 e. The van der Waals surface area contributed by atoms with Crippen LogP contribution >= 0.6 is 0 Å². The van der Waals surface area contributed by atoms with Gasteiger partial charge in [0, 0.05) is 12.3 Å². The smallest absolute Gasteiger partial charge is 0.136 e. The van der Waals surface area contributed by atoms with Crippen LogP contribution in [-0.4, -0.2) is 5.78 Å². The van der Waals surface area contributed by atoms with E-state index in [0.29, 0.717) is 11.7 Å². The van der Waals surface area contributed by atoms with Crippen LogP contribution in [0.25, 0.3) is 0 Å². The van der Waals surface area contributed by atoms with E-state index in [0.717, 1.165) is 25.7 Å². The summed E-state index contributed by atoms with van der Waals surface area (Å²) in [4.78, 5) is 11.0. The molecule has 10 heavy (non-hydrogen) atoms. The second-order valence-corrected chi connectivity index (χ2v) is 2.86. The molecule has 1 fully saturated rings. The Morgan fingerprint density at radius 3 is 3.00 bits per heavy atom. The van der Waals surface area contributed by atoms with Crippen molar-refractivity contribution < 1.29 is 4.79 Å². The fraction of sp³-hybridized carbons (Fsp3) is 0.667. The monoisotopic (exact) mass is 138 g/mol. The molecule has 1 heteroatoms. The number of ketones is 1. The van der Waals surface area contributed by atoms with Crippen LogP contribution in [0.4, 0.5) is 0 Å². The molecule has 1 atom stereocenters. The molecule has 0 spiro atoms. The minimum absolute atomic E-state index is 0.358. The first-order chi connectivity index (χ1) is 4.84. The molecule has 0 aliphatic heterocycles. The van der Waals surface area contributed by atoms with Crippen LogP contribution in [0.1, 0.15) is 32.6 Å². The lowest BCUT2D eigenvalue weighted by molar-refractivity contribution is -0.120. The molecular formula is C9H14O. The Morgan fingerprint density at radius 1 is 1.70 bits per heavy atom. The van der Waals surface area contributed by atoms with Crippen LogP contribution < -0.4 is 0 Å². The molecule has 0 saturated heterocycles. The van der Waals surface area contributed by atoms with E-state index in [1.165, 1.54) is 0 Å². The van der Waals surface area contributed by atoms with Crippen molar-refractivity contribution in [3.8, 4) is 0 Å². The SMILES string of the molecule is CC=CCC1CCCC1=O. The number of carbonyl (C=O) groups is 1. The van der Waals surface area contributed by atoms with Gasteiger partial charge in [0.1, 0.15) is 5.78 Å². The molecule has 0 N–H and O–H groups in total. The molecule has 1 unspecified atom stereocenters. The van der Waals surface area contributed by atoms with Crippen LogP contribution in [0.3, 0.4) is 0 Å². The molecule has 0 amide bonds. The summed E-state index contributed by atoms with van der Waals surface area (Å²) in [6, 6.07) is 0. The second kappa shape index (κ2) is 3.55. The lowest BCUT2D eigenvalue weighted by atomic mass is 10.0. The van der Waals surface area contributed by atoms with Crippen molar-refractivity contribution in [2.75, 3.05) is 0 Å². The number of hydrogen-bond acceptors (Lipinski definition) is 1. The Hall–Kier alpha value is -0.590. The van der Waals surface area contributed by atoms with E-state index >= 15 is 0 Å². The zero-order chi connectivity index (χ0) is 7.40. The third kappa shape index (κ3) is 1.69. The maximum atomic E-state index is 11.0. The Bertz CT molecular complexity index is 147. The molecule has 0 aromatic rings. The van der Waals surface area contributed by atoms with E-state index in [-0.39, 0.29) is 0 Å². The van der Waals surface area contributed by atoms with Gasteiger partial charge in [0.25, 0.3) is 0 Å². The van der Waals surface area contributed by atoms with Gasteiger partial charge in [-0.3, -0.25) is 4.79 Å². The number of rotatable bonds is 2. The van der Waals surface area contributed by atoms with Crippen molar-refractivity contribution >= 4 is 5.78 Å². The molecule has 0 bridgehead atoms. The first-order valence-corrected chi connectivity index (χ1v) is 3.98. The van der Waals surface area contributed by atoms with Gasteiger partial charge in [-0.15, -0.1) is 0 Å². The average molecular weight is 138 g/mol. The topological polar surface area (TPSA) is 17.1 Å². The van der Waals surface area contributed by atoms with Crippen LogP contribution in [0, 0.1) is 5.92 Å². The van der Waals surface area contributed by atoms with Gasteiger partial charge in [0.05, 0.1) is 0 Å². The minimum atomic E-state index is 0.358. The highest BCUT2D eigenvalue weighted by Gasteiger charge is 2.22. The van der Waals surface area contributed by atoms with Gasteiger partial charge in [-0.05, 0) is 26.2 Å². The standard InChI is InChI=1S/C9H14O/c1-2-3-5-8-6-4-7-9(8)10/h2-3,8H,4-7H2,1H3. The molecule has 1 aliphatic rings. The second-order valence-electron chi connectivity index (χ2n) is 2.86. The predicted molar refractivity (Wildman–Crippen MR) is 41.8 cm³/mol. The van der Waals surface area contributed by atoms with Crippen LogP contribution in [-0.2, 0) is 4.79 Å². The van der Waals surface area contributed by atoms with Gasteiger partial charge >= 0.3 is 0 Å². The predicted octanol–water partition coefficient (Wildman–Crippen LogP) is 2.32. The fourth-order valence-electron chi connectivity index (χ4n) is 1.44. The third-order valence-electron chi connectivity index (χ3n) is 2.09. The summed E-state index contributed by atoms with van der Waals surface area (Å²) in [5.41, 5.74) is 0. The highest BCUT2D eigenvalue weighted by molar-refractivity contribution is 5.82. The molecule has 0 heterocycles. The summed E-state index contributed by atoms with van der Waals surface area (Å²) in [6.45, 7) is 2.00. The first kappa shape index (κ1) is 7.52. The number of hydrogen-bond donors (Lipinski definition) is 0. The quantitative estimate of drug-likeness (QED) is 0.535. The highest BCUT2D eigenvalue weighted by Crippen LogP contribution is 2.24. The zero-order valence-corrected chi connectivity index (χ0v) is 6.47. The number of allylic oxidation sites excluding steroid dienone is 2. The number of Topliss-reactive ketones (excluding diaryl/α,β-unsaturated/α-hetero) is 1. The normalized spacial score (nSPS) is 26.5. The van der Waals surface area contributed by atoms with Crippen molar-refractivity contribution in [3.63, 3.8) is 0 Å². The summed E-state index contributed by atoms with van der Waals surface area (Å²) >= 11 is 0. The Labute approximate surface area is 62.1 Å². The third-order valence-corrected chi connectivity index (χ3v) is 2.09. The van der Waals surface area contributed by atoms with E-state index < -0.39 is 0 Å². The molecule has 56 valence electrons. The molecule has 0 radical (unpaired) electrons. The molecule has 1 nitrogen and oxygen atoms in total. The highest BCUT2D eigenvalue weighted by atomic mass is 16.1. The lowest BCUT2D eigenvalue weighted by Gasteiger charge is -2.00. The van der Waals surface area contributed by atoms with Gasteiger partial charge in [-0.2, -0.15) is 0 Å². The van der Waals surface area contributed by atoms with Gasteiger partial charge in [0.2, 0.25) is 0 Å². The summed E-state index contributed by atoms with van der Waals surface area (Å²) < 4.78 is 0. The first-order valence-electron chi connectivity index (χ1n) is 3.98. The molecule has 1 rings (SSSR count). The van der Waals surface area contributed by atoms with E-state index in [1.54, 1.807) is 0 Å². The van der Waals surface area contributed by atoms with Crippen molar-refractivity contribution in [2.45, 2.75) is 32.6 Å². The maximum absolute atomic E-state index is 11.0. The van der Waals surface area contributed by atoms with Gasteiger partial charge < -0.3 is 0 Å². The van der Waals surface area contributed by atoms with Crippen LogP contribution in [0.5, 0.6) is 0 Å². The summed E-state index contributed by atoms with van der Waals surface area (Å²) in [6.07, 6.45) is 8.13. The van der Waals surface area contributed by atoms with Gasteiger partial charge in [0.15, 0.2) is 0 Å². The van der Waals surface area contributed by atoms with E-state index in [9.17, 15) is 4.79 Å². The summed E-state index contributed by atoms with van der Waals surface area (Å²) in [5.74, 6) is 0.828. The molecule has 1 saturated carbocycles. The van der Waals surface area contributed by atoms with Crippen molar-refractivity contribution in [2.24, 2.45) is 5.92 Å². The molecule has 1 aliphatic carbocycles. The van der Waals surface area contributed by atoms with Crippen LogP contribution in [0.2, 0.25) is 0 Å². The van der Waals surface area contributed by atoms with Crippen molar-refractivity contribution in [1.29, 1.82) is 0 Å². The molecule has 0 aromatic heterocycles. The van der Waals surface area contributed by atoms with Crippen molar-refractivity contribution in [3.05, 3.63) is 12.2 Å². The summed E-state index contributed by atoms with van der Waals surface area (Å²) in [5, 5.41) is 0. The van der Waals surface area contributed by atoms with Crippen molar-refractivity contribution in [1.82, 2.24) is 0 Å². The minimum Gasteiger partial charge on any atom is -0.299 e. The van der Waals surface area contributed by atoms with E-state index in [4.69, 9.17) is 0 Å². The average Bonchev–Trinajstić information content (AvgIpc) is 2.31. The molecule has 0 aromatic carbocycles. The Morgan fingerprint density at radius 2 is 2.50 bits per heavy atom. The summed E-state index contributed by atoms with van der Waals surface area (Å²) in [7, 11) is 0. The molecular weight excluding hydrogens is 124 g/mol.